The molecule has 0 radical (unpaired) electrons. The minimum atomic E-state index is -0.0581. The van der Waals surface area contributed by atoms with Crippen LogP contribution in [0.25, 0.3) is 11.4 Å². The van der Waals surface area contributed by atoms with Crippen molar-refractivity contribution in [1.29, 1.82) is 0 Å². The fourth-order valence-electron chi connectivity index (χ4n) is 3.14. The molecule has 1 aliphatic rings. The minimum absolute atomic E-state index is 0.0581. The Morgan fingerprint density at radius 3 is 2.76 bits per heavy atom. The topological polar surface area (TPSA) is 70.3 Å². The second kappa shape index (κ2) is 7.03. The molecule has 3 aromatic rings. The van der Waals surface area contributed by atoms with Gasteiger partial charge in [-0.1, -0.05) is 35.5 Å². The van der Waals surface area contributed by atoms with E-state index in [9.17, 15) is 0 Å². The lowest BCUT2D eigenvalue weighted by atomic mass is 9.89. The molecule has 1 aliphatic heterocycles. The first-order valence-corrected chi connectivity index (χ1v) is 8.36. The van der Waals surface area contributed by atoms with Crippen molar-refractivity contribution in [1.82, 2.24) is 15.1 Å². The summed E-state index contributed by atoms with van der Waals surface area (Å²) in [7, 11) is 1.58. The molecule has 3 heterocycles. The molecular weight excluding hydrogens is 318 g/mol. The van der Waals surface area contributed by atoms with Crippen LogP contribution in [0.15, 0.2) is 53.2 Å². The summed E-state index contributed by atoms with van der Waals surface area (Å²) in [5.74, 6) is 1.75. The number of pyridine rings is 1. The molecule has 0 unspecified atom stereocenters. The highest BCUT2D eigenvalue weighted by atomic mass is 16.5. The lowest BCUT2D eigenvalue weighted by molar-refractivity contribution is -0.0103. The molecule has 25 heavy (non-hydrogen) atoms. The predicted octanol–water partition coefficient (Wildman–Crippen LogP) is 3.78. The third-order valence-electron chi connectivity index (χ3n) is 4.41. The molecule has 0 amide bonds. The molecule has 2 atom stereocenters. The zero-order chi connectivity index (χ0) is 17.1. The second-order valence-corrected chi connectivity index (χ2v) is 6.00. The van der Waals surface area contributed by atoms with E-state index in [4.69, 9.17) is 14.0 Å². The van der Waals surface area contributed by atoms with Crippen molar-refractivity contribution in [2.45, 2.75) is 24.9 Å². The molecule has 2 aromatic heterocycles. The number of methoxy groups -OCH3 is 1. The molecule has 1 fully saturated rings. The maximum atomic E-state index is 6.02. The van der Waals surface area contributed by atoms with Crippen molar-refractivity contribution in [2.24, 2.45) is 0 Å². The molecule has 1 aromatic carbocycles. The van der Waals surface area contributed by atoms with Gasteiger partial charge < -0.3 is 14.0 Å². The fourth-order valence-corrected chi connectivity index (χ4v) is 3.14. The Bertz CT molecular complexity index is 817. The lowest BCUT2D eigenvalue weighted by Crippen LogP contribution is -2.21. The minimum Gasteiger partial charge on any atom is -0.481 e. The van der Waals surface area contributed by atoms with Crippen LogP contribution in [0.2, 0.25) is 0 Å². The van der Waals surface area contributed by atoms with Gasteiger partial charge in [0.05, 0.1) is 19.1 Å². The summed E-state index contributed by atoms with van der Waals surface area (Å²) >= 11 is 0. The van der Waals surface area contributed by atoms with Crippen LogP contribution in [0.1, 0.15) is 36.3 Å². The summed E-state index contributed by atoms with van der Waals surface area (Å²) in [5.41, 5.74) is 1.93. The molecule has 0 N–H and O–H groups in total. The zero-order valence-electron chi connectivity index (χ0n) is 14.0. The lowest BCUT2D eigenvalue weighted by Gasteiger charge is -2.29. The molecule has 6 heteroatoms. The summed E-state index contributed by atoms with van der Waals surface area (Å²) < 4.78 is 16.7. The third kappa shape index (κ3) is 3.25. The van der Waals surface area contributed by atoms with E-state index in [1.165, 1.54) is 0 Å². The Hall–Kier alpha value is -2.73. The van der Waals surface area contributed by atoms with Gasteiger partial charge in [-0.2, -0.15) is 4.98 Å². The van der Waals surface area contributed by atoms with Crippen molar-refractivity contribution in [3.63, 3.8) is 0 Å². The van der Waals surface area contributed by atoms with Crippen molar-refractivity contribution >= 4 is 0 Å². The van der Waals surface area contributed by atoms with Gasteiger partial charge in [0.1, 0.15) is 0 Å². The SMILES string of the molecule is COc1ccc(-c2noc([C@H]3CCCO[C@@H]3c3ccccc3)n2)cn1. The Balaban J connectivity index is 1.61. The number of hydrogen-bond acceptors (Lipinski definition) is 6. The van der Waals surface area contributed by atoms with E-state index in [-0.39, 0.29) is 12.0 Å². The average molecular weight is 337 g/mol. The van der Waals surface area contributed by atoms with Gasteiger partial charge in [-0.3, -0.25) is 0 Å². The van der Waals surface area contributed by atoms with E-state index in [0.29, 0.717) is 17.6 Å². The quantitative estimate of drug-likeness (QED) is 0.721. The highest BCUT2D eigenvalue weighted by Crippen LogP contribution is 2.40. The highest BCUT2D eigenvalue weighted by Gasteiger charge is 2.33. The predicted molar refractivity (Wildman–Crippen MR) is 91.2 cm³/mol. The van der Waals surface area contributed by atoms with Crippen LogP contribution in [0.5, 0.6) is 5.88 Å². The molecular formula is C19H19N3O3. The Morgan fingerprint density at radius 2 is 2.00 bits per heavy atom. The van der Waals surface area contributed by atoms with Gasteiger partial charge in [-0.05, 0) is 24.5 Å². The summed E-state index contributed by atoms with van der Waals surface area (Å²) in [6.45, 7) is 0.749. The molecule has 4 rings (SSSR count). The second-order valence-electron chi connectivity index (χ2n) is 6.00. The Morgan fingerprint density at radius 1 is 1.12 bits per heavy atom. The first kappa shape index (κ1) is 15.8. The number of aromatic nitrogens is 3. The molecule has 0 bridgehead atoms. The largest absolute Gasteiger partial charge is 0.481 e. The number of hydrogen-bond donors (Lipinski definition) is 0. The summed E-state index contributed by atoms with van der Waals surface area (Å²) in [4.78, 5) is 8.79. The maximum absolute atomic E-state index is 6.02. The first-order chi connectivity index (χ1) is 12.3. The molecule has 0 spiro atoms. The Labute approximate surface area is 145 Å². The smallest absolute Gasteiger partial charge is 0.233 e. The number of rotatable bonds is 4. The van der Waals surface area contributed by atoms with Gasteiger partial charge in [0.25, 0.3) is 0 Å². The molecule has 128 valence electrons. The van der Waals surface area contributed by atoms with Crippen LogP contribution in [-0.4, -0.2) is 28.8 Å². The van der Waals surface area contributed by atoms with Crippen molar-refractivity contribution < 1.29 is 14.0 Å². The van der Waals surface area contributed by atoms with E-state index >= 15 is 0 Å². The third-order valence-corrected chi connectivity index (χ3v) is 4.41. The zero-order valence-corrected chi connectivity index (χ0v) is 14.0. The van der Waals surface area contributed by atoms with E-state index in [1.54, 1.807) is 19.4 Å². The molecule has 0 aliphatic carbocycles. The van der Waals surface area contributed by atoms with Crippen molar-refractivity contribution in [3.05, 3.63) is 60.1 Å². The number of nitrogens with zero attached hydrogens (tertiary/aromatic N) is 3. The van der Waals surface area contributed by atoms with Crippen LogP contribution < -0.4 is 4.74 Å². The fraction of sp³-hybridized carbons (Fsp3) is 0.316. The van der Waals surface area contributed by atoms with E-state index in [2.05, 4.69) is 27.3 Å². The molecule has 1 saturated heterocycles. The summed E-state index contributed by atoms with van der Waals surface area (Å²) in [6.07, 6.45) is 3.56. The average Bonchev–Trinajstić information content (AvgIpc) is 3.19. The van der Waals surface area contributed by atoms with Crippen LogP contribution >= 0.6 is 0 Å². The van der Waals surface area contributed by atoms with Crippen LogP contribution in [-0.2, 0) is 4.74 Å². The van der Waals surface area contributed by atoms with E-state index < -0.39 is 0 Å². The molecule has 0 saturated carbocycles. The number of ether oxygens (including phenoxy) is 2. The van der Waals surface area contributed by atoms with Crippen molar-refractivity contribution in [2.75, 3.05) is 13.7 Å². The maximum Gasteiger partial charge on any atom is 0.233 e. The van der Waals surface area contributed by atoms with Gasteiger partial charge >= 0.3 is 0 Å². The van der Waals surface area contributed by atoms with Crippen LogP contribution in [0, 0.1) is 0 Å². The van der Waals surface area contributed by atoms with E-state index in [0.717, 1.165) is 30.6 Å². The Kier molecular flexibility index (Phi) is 4.43. The van der Waals surface area contributed by atoms with E-state index in [1.807, 2.05) is 24.3 Å². The van der Waals surface area contributed by atoms with Crippen LogP contribution in [0.3, 0.4) is 0 Å². The van der Waals surface area contributed by atoms with Crippen LogP contribution in [0.4, 0.5) is 0 Å². The monoisotopic (exact) mass is 337 g/mol. The highest BCUT2D eigenvalue weighted by molar-refractivity contribution is 5.53. The van der Waals surface area contributed by atoms with Gasteiger partial charge in [-0.15, -0.1) is 0 Å². The van der Waals surface area contributed by atoms with Gasteiger partial charge in [0.2, 0.25) is 17.6 Å². The normalized spacial score (nSPS) is 20.4. The first-order valence-electron chi connectivity index (χ1n) is 8.36. The summed E-state index contributed by atoms with van der Waals surface area (Å²) in [5, 5.41) is 4.12. The van der Waals surface area contributed by atoms with Gasteiger partial charge in [0, 0.05) is 24.4 Å². The van der Waals surface area contributed by atoms with Gasteiger partial charge in [0.15, 0.2) is 0 Å². The summed E-state index contributed by atoms with van der Waals surface area (Å²) in [6, 6.07) is 13.8. The standard InChI is InChI=1S/C19H19N3O3/c1-23-16-10-9-14(12-20-16)18-21-19(25-22-18)15-8-5-11-24-17(15)13-6-3-2-4-7-13/h2-4,6-7,9-10,12,15,17H,5,8,11H2,1H3/t15-,17+/m0/s1. The van der Waals surface area contributed by atoms with Crippen molar-refractivity contribution in [3.8, 4) is 17.3 Å². The number of benzene rings is 1. The van der Waals surface area contributed by atoms with Gasteiger partial charge in [-0.25, -0.2) is 4.98 Å². The molecule has 6 nitrogen and oxygen atoms in total.